The Morgan fingerprint density at radius 3 is 2.44 bits per heavy atom. The first-order chi connectivity index (χ1) is 15.4. The molecule has 9 heteroatoms. The van der Waals surface area contributed by atoms with Crippen LogP contribution in [-0.4, -0.2) is 31.7 Å². The lowest BCUT2D eigenvalue weighted by atomic mass is 10.1. The highest BCUT2D eigenvalue weighted by Gasteiger charge is 2.17. The van der Waals surface area contributed by atoms with E-state index in [1.165, 1.54) is 12.1 Å². The Bertz CT molecular complexity index is 1230. The predicted molar refractivity (Wildman–Crippen MR) is 128 cm³/mol. The van der Waals surface area contributed by atoms with Crippen LogP contribution in [0.2, 0.25) is 0 Å². The maximum absolute atomic E-state index is 12.6. The standard InChI is InChI=1S/C23H24N4O3S2/c1-16-15-31-23(25-16)18-8-6-17(7-9-18)22(28)26-19-10-12-20(13-11-19)32(29,30)27-21-5-3-2-4-14-24-21/h6-13,15H,2-5,14H2,1H3,(H,24,27)(H,26,28). The van der Waals surface area contributed by atoms with Gasteiger partial charge in [0.25, 0.3) is 15.9 Å². The predicted octanol–water partition coefficient (Wildman–Crippen LogP) is 4.62. The van der Waals surface area contributed by atoms with Crippen molar-refractivity contribution in [3.8, 4) is 10.6 Å². The number of aliphatic imine (C=N–C) groups is 1. The molecular weight excluding hydrogens is 444 g/mol. The minimum atomic E-state index is -3.70. The van der Waals surface area contributed by atoms with Crippen LogP contribution >= 0.6 is 11.3 Å². The van der Waals surface area contributed by atoms with Crippen molar-refractivity contribution in [3.63, 3.8) is 0 Å². The minimum Gasteiger partial charge on any atom is -0.322 e. The van der Waals surface area contributed by atoms with Gasteiger partial charge in [-0.2, -0.15) is 0 Å². The number of sulfonamides is 1. The third kappa shape index (κ3) is 5.41. The molecule has 1 amide bonds. The number of hydrogen-bond acceptors (Lipinski definition) is 6. The Labute approximate surface area is 191 Å². The largest absolute Gasteiger partial charge is 0.322 e. The van der Waals surface area contributed by atoms with E-state index in [0.717, 1.165) is 35.5 Å². The summed E-state index contributed by atoms with van der Waals surface area (Å²) in [6, 6.07) is 13.3. The fourth-order valence-electron chi connectivity index (χ4n) is 3.34. The summed E-state index contributed by atoms with van der Waals surface area (Å²) in [5.74, 6) is 0.240. The lowest BCUT2D eigenvalue weighted by Crippen LogP contribution is -2.30. The zero-order valence-corrected chi connectivity index (χ0v) is 19.3. The molecule has 0 unspecified atom stereocenters. The van der Waals surface area contributed by atoms with Crippen LogP contribution in [0, 0.1) is 6.92 Å². The molecule has 3 aromatic rings. The van der Waals surface area contributed by atoms with E-state index in [1.807, 2.05) is 24.4 Å². The lowest BCUT2D eigenvalue weighted by molar-refractivity contribution is 0.102. The second-order valence-electron chi connectivity index (χ2n) is 7.59. The molecule has 0 atom stereocenters. The van der Waals surface area contributed by atoms with E-state index in [0.29, 0.717) is 30.1 Å². The molecule has 0 saturated carbocycles. The molecule has 0 bridgehead atoms. The first-order valence-corrected chi connectivity index (χ1v) is 12.8. The Kier molecular flexibility index (Phi) is 6.66. The van der Waals surface area contributed by atoms with Gasteiger partial charge in [0.2, 0.25) is 0 Å². The Morgan fingerprint density at radius 1 is 1.00 bits per heavy atom. The number of amidine groups is 1. The number of amides is 1. The molecule has 0 radical (unpaired) electrons. The number of rotatable bonds is 5. The number of benzene rings is 2. The molecule has 0 saturated heterocycles. The quantitative estimate of drug-likeness (QED) is 0.570. The molecule has 2 N–H and O–H groups in total. The topological polar surface area (TPSA) is 101 Å². The van der Waals surface area contributed by atoms with E-state index in [4.69, 9.17) is 0 Å². The number of nitrogens with one attached hydrogen (secondary N) is 2. The van der Waals surface area contributed by atoms with Crippen molar-refractivity contribution >= 4 is 38.8 Å². The molecule has 4 rings (SSSR count). The molecule has 2 heterocycles. The summed E-state index contributed by atoms with van der Waals surface area (Å²) in [6.07, 6.45) is 3.59. The second kappa shape index (κ2) is 9.62. The fraction of sp³-hybridized carbons (Fsp3) is 0.261. The van der Waals surface area contributed by atoms with E-state index < -0.39 is 10.0 Å². The lowest BCUT2D eigenvalue weighted by Gasteiger charge is -2.11. The maximum atomic E-state index is 12.6. The number of aryl methyl sites for hydroxylation is 1. The van der Waals surface area contributed by atoms with Crippen molar-refractivity contribution in [2.24, 2.45) is 4.99 Å². The van der Waals surface area contributed by atoms with Gasteiger partial charge in [-0.05, 0) is 56.2 Å². The number of thiazole rings is 1. The van der Waals surface area contributed by atoms with E-state index in [1.54, 1.807) is 35.6 Å². The number of anilines is 1. The van der Waals surface area contributed by atoms with Crippen molar-refractivity contribution in [2.75, 3.05) is 11.9 Å². The number of hydrogen-bond donors (Lipinski definition) is 2. The normalized spacial score (nSPS) is 14.3. The van der Waals surface area contributed by atoms with Gasteiger partial charge in [0.15, 0.2) is 0 Å². The smallest absolute Gasteiger partial charge is 0.262 e. The molecule has 0 aliphatic carbocycles. The maximum Gasteiger partial charge on any atom is 0.262 e. The fourth-order valence-corrected chi connectivity index (χ4v) is 5.24. The average molecular weight is 469 g/mol. The Balaban J connectivity index is 1.40. The van der Waals surface area contributed by atoms with Crippen LogP contribution in [0.15, 0.2) is 63.8 Å². The molecule has 1 aromatic heterocycles. The van der Waals surface area contributed by atoms with E-state index in [9.17, 15) is 13.2 Å². The zero-order chi connectivity index (χ0) is 22.6. The average Bonchev–Trinajstić information content (AvgIpc) is 3.06. The number of carbonyl (C=O) groups excluding carboxylic acids is 1. The third-order valence-corrected chi connectivity index (χ3v) is 7.47. The molecule has 32 heavy (non-hydrogen) atoms. The highest BCUT2D eigenvalue weighted by atomic mass is 32.2. The summed E-state index contributed by atoms with van der Waals surface area (Å²) in [5.41, 5.74) is 2.95. The number of carbonyl (C=O) groups is 1. The Hall–Kier alpha value is -3.04. The van der Waals surface area contributed by atoms with Crippen LogP contribution in [-0.2, 0) is 10.0 Å². The van der Waals surface area contributed by atoms with Crippen molar-refractivity contribution < 1.29 is 13.2 Å². The van der Waals surface area contributed by atoms with Gasteiger partial charge in [-0.15, -0.1) is 11.3 Å². The Morgan fingerprint density at radius 2 is 1.75 bits per heavy atom. The monoisotopic (exact) mass is 468 g/mol. The summed E-state index contributed by atoms with van der Waals surface area (Å²) in [6.45, 7) is 2.59. The van der Waals surface area contributed by atoms with Gasteiger partial charge in [0.1, 0.15) is 10.8 Å². The summed E-state index contributed by atoms with van der Waals surface area (Å²) < 4.78 is 27.9. The summed E-state index contributed by atoms with van der Waals surface area (Å²) in [7, 11) is -3.70. The summed E-state index contributed by atoms with van der Waals surface area (Å²) in [5, 5.41) is 5.70. The molecule has 2 aromatic carbocycles. The first kappa shape index (κ1) is 22.2. The highest BCUT2D eigenvalue weighted by molar-refractivity contribution is 7.90. The van der Waals surface area contributed by atoms with E-state index >= 15 is 0 Å². The van der Waals surface area contributed by atoms with Crippen molar-refractivity contribution in [2.45, 2.75) is 37.5 Å². The van der Waals surface area contributed by atoms with Gasteiger partial charge >= 0.3 is 0 Å². The van der Waals surface area contributed by atoms with Gasteiger partial charge in [-0.25, -0.2) is 13.4 Å². The number of aromatic nitrogens is 1. The molecule has 1 aliphatic rings. The van der Waals surface area contributed by atoms with Crippen LogP contribution in [0.25, 0.3) is 10.6 Å². The van der Waals surface area contributed by atoms with Crippen LogP contribution in [0.5, 0.6) is 0 Å². The van der Waals surface area contributed by atoms with Crippen molar-refractivity contribution in [1.29, 1.82) is 0 Å². The second-order valence-corrected chi connectivity index (χ2v) is 10.1. The van der Waals surface area contributed by atoms with Crippen LogP contribution in [0.3, 0.4) is 0 Å². The van der Waals surface area contributed by atoms with Gasteiger partial charge in [-0.1, -0.05) is 18.6 Å². The van der Waals surface area contributed by atoms with Gasteiger partial charge in [0.05, 0.1) is 4.90 Å². The molecule has 0 fully saturated rings. The minimum absolute atomic E-state index is 0.130. The molecule has 0 spiro atoms. The van der Waals surface area contributed by atoms with Gasteiger partial charge in [-0.3, -0.25) is 14.5 Å². The van der Waals surface area contributed by atoms with Gasteiger partial charge < -0.3 is 5.32 Å². The molecule has 1 aliphatic heterocycles. The summed E-state index contributed by atoms with van der Waals surface area (Å²) in [4.78, 5) is 21.5. The SMILES string of the molecule is Cc1csc(-c2ccc(C(=O)Nc3ccc(S(=O)(=O)NC4=NCCCCC4)cc3)cc2)n1. The van der Waals surface area contributed by atoms with Crippen LogP contribution < -0.4 is 10.0 Å². The molecular formula is C23H24N4O3S2. The zero-order valence-electron chi connectivity index (χ0n) is 17.7. The number of nitrogens with zero attached hydrogens (tertiary/aromatic N) is 2. The third-order valence-electron chi connectivity index (χ3n) is 5.06. The molecule has 7 nitrogen and oxygen atoms in total. The van der Waals surface area contributed by atoms with Crippen molar-refractivity contribution in [3.05, 3.63) is 65.2 Å². The van der Waals surface area contributed by atoms with Gasteiger partial charge in [0, 0.05) is 40.9 Å². The van der Waals surface area contributed by atoms with E-state index in [2.05, 4.69) is 20.0 Å². The molecule has 166 valence electrons. The first-order valence-electron chi connectivity index (χ1n) is 10.4. The van der Waals surface area contributed by atoms with Crippen molar-refractivity contribution in [1.82, 2.24) is 9.71 Å². The van der Waals surface area contributed by atoms with Crippen LogP contribution in [0.4, 0.5) is 5.69 Å². The summed E-state index contributed by atoms with van der Waals surface area (Å²) >= 11 is 1.56. The van der Waals surface area contributed by atoms with E-state index in [-0.39, 0.29) is 10.8 Å². The highest BCUT2D eigenvalue weighted by Crippen LogP contribution is 2.24. The van der Waals surface area contributed by atoms with Crippen LogP contribution in [0.1, 0.15) is 41.7 Å².